The summed E-state index contributed by atoms with van der Waals surface area (Å²) in [7, 11) is 1.53. The molecule has 4 aromatic rings. The summed E-state index contributed by atoms with van der Waals surface area (Å²) >= 11 is 0. The number of hydrogen-bond donors (Lipinski definition) is 0. The maximum absolute atomic E-state index is 13.7. The molecule has 0 aliphatic rings. The van der Waals surface area contributed by atoms with Crippen LogP contribution in [0.4, 0.5) is 4.39 Å². The van der Waals surface area contributed by atoms with Crippen LogP contribution >= 0.6 is 0 Å². The highest BCUT2D eigenvalue weighted by molar-refractivity contribution is 5.62. The van der Waals surface area contributed by atoms with Crippen LogP contribution in [-0.4, -0.2) is 17.3 Å². The van der Waals surface area contributed by atoms with E-state index in [1.54, 1.807) is 48.5 Å². The summed E-state index contributed by atoms with van der Waals surface area (Å²) in [6.45, 7) is 0.0905. The zero-order valence-electron chi connectivity index (χ0n) is 14.4. The predicted octanol–water partition coefficient (Wildman–Crippen LogP) is 4.72. The molecule has 0 saturated carbocycles. The molecule has 136 valence electrons. The van der Waals surface area contributed by atoms with Crippen LogP contribution in [0.2, 0.25) is 0 Å². The van der Waals surface area contributed by atoms with Gasteiger partial charge in [-0.2, -0.15) is 4.98 Å². The smallest absolute Gasteiger partial charge is 0.293 e. The standard InChI is InChI=1S/C20H15FN2O4/c1-24-18-11-13(19-22-20(27-23-19)17-7-4-10-25-17)8-9-16(18)26-12-14-5-2-3-6-15(14)21/h2-11H,12H2,1H3. The van der Waals surface area contributed by atoms with E-state index in [4.69, 9.17) is 18.4 Å². The summed E-state index contributed by atoms with van der Waals surface area (Å²) in [4.78, 5) is 4.32. The average molecular weight is 366 g/mol. The van der Waals surface area contributed by atoms with Crippen molar-refractivity contribution in [1.82, 2.24) is 10.1 Å². The van der Waals surface area contributed by atoms with Crippen molar-refractivity contribution in [2.75, 3.05) is 7.11 Å². The molecule has 0 bridgehead atoms. The summed E-state index contributed by atoms with van der Waals surface area (Å²) < 4.78 is 35.3. The molecule has 0 amide bonds. The van der Waals surface area contributed by atoms with E-state index in [1.165, 1.54) is 19.4 Å². The van der Waals surface area contributed by atoms with Crippen molar-refractivity contribution in [2.45, 2.75) is 6.61 Å². The van der Waals surface area contributed by atoms with E-state index in [-0.39, 0.29) is 18.3 Å². The van der Waals surface area contributed by atoms with Crippen LogP contribution in [0.5, 0.6) is 11.5 Å². The first kappa shape index (κ1) is 16.8. The molecular formula is C20H15FN2O4. The van der Waals surface area contributed by atoms with Crippen molar-refractivity contribution < 1.29 is 22.8 Å². The fourth-order valence-electron chi connectivity index (χ4n) is 2.54. The molecule has 0 N–H and O–H groups in total. The summed E-state index contributed by atoms with van der Waals surface area (Å²) in [5, 5.41) is 3.96. The fourth-order valence-corrected chi connectivity index (χ4v) is 2.54. The first-order valence-corrected chi connectivity index (χ1v) is 8.17. The summed E-state index contributed by atoms with van der Waals surface area (Å²) in [5.41, 5.74) is 1.15. The summed E-state index contributed by atoms with van der Waals surface area (Å²) in [6.07, 6.45) is 1.53. The molecule has 6 nitrogen and oxygen atoms in total. The van der Waals surface area contributed by atoms with Gasteiger partial charge < -0.3 is 18.4 Å². The summed E-state index contributed by atoms with van der Waals surface area (Å²) in [5.74, 6) is 1.82. The zero-order chi connectivity index (χ0) is 18.6. The number of hydrogen-bond acceptors (Lipinski definition) is 6. The molecule has 0 atom stereocenters. The topological polar surface area (TPSA) is 70.5 Å². The highest BCUT2D eigenvalue weighted by Gasteiger charge is 2.15. The largest absolute Gasteiger partial charge is 0.493 e. The fraction of sp³-hybridized carbons (Fsp3) is 0.100. The van der Waals surface area contributed by atoms with Crippen LogP contribution < -0.4 is 9.47 Å². The Morgan fingerprint density at radius 3 is 2.70 bits per heavy atom. The average Bonchev–Trinajstić information content (AvgIpc) is 3.39. The lowest BCUT2D eigenvalue weighted by molar-refractivity contribution is 0.280. The van der Waals surface area contributed by atoms with Gasteiger partial charge in [-0.05, 0) is 36.4 Å². The van der Waals surface area contributed by atoms with Gasteiger partial charge in [0, 0.05) is 11.1 Å². The van der Waals surface area contributed by atoms with E-state index >= 15 is 0 Å². The van der Waals surface area contributed by atoms with Crippen molar-refractivity contribution in [3.8, 4) is 34.5 Å². The van der Waals surface area contributed by atoms with Gasteiger partial charge in [0.25, 0.3) is 5.89 Å². The number of methoxy groups -OCH3 is 1. The highest BCUT2D eigenvalue weighted by atomic mass is 19.1. The minimum absolute atomic E-state index is 0.0905. The molecule has 0 fully saturated rings. The van der Waals surface area contributed by atoms with Gasteiger partial charge in [0.15, 0.2) is 17.3 Å². The number of furan rings is 1. The molecule has 0 unspecified atom stereocenters. The molecule has 0 saturated heterocycles. The Labute approximate surface area is 154 Å². The SMILES string of the molecule is COc1cc(-c2noc(-c3ccco3)n2)ccc1OCc1ccccc1F. The molecule has 0 spiro atoms. The Kier molecular flexibility index (Phi) is 4.57. The van der Waals surface area contributed by atoms with Crippen molar-refractivity contribution in [3.63, 3.8) is 0 Å². The summed E-state index contributed by atoms with van der Waals surface area (Å²) in [6, 6.07) is 15.2. The van der Waals surface area contributed by atoms with E-state index in [0.29, 0.717) is 34.2 Å². The van der Waals surface area contributed by atoms with Gasteiger partial charge in [0.05, 0.1) is 13.4 Å². The van der Waals surface area contributed by atoms with E-state index in [9.17, 15) is 4.39 Å². The van der Waals surface area contributed by atoms with Crippen LogP contribution in [0.1, 0.15) is 5.56 Å². The van der Waals surface area contributed by atoms with Crippen molar-refractivity contribution in [2.24, 2.45) is 0 Å². The molecule has 2 heterocycles. The maximum Gasteiger partial charge on any atom is 0.293 e. The maximum atomic E-state index is 13.7. The molecule has 0 aliphatic heterocycles. The molecule has 2 aromatic heterocycles. The van der Waals surface area contributed by atoms with Crippen LogP contribution in [0.25, 0.3) is 23.0 Å². The van der Waals surface area contributed by atoms with Gasteiger partial charge in [0.1, 0.15) is 12.4 Å². The van der Waals surface area contributed by atoms with Gasteiger partial charge in [-0.25, -0.2) is 4.39 Å². The van der Waals surface area contributed by atoms with Gasteiger partial charge in [-0.15, -0.1) is 0 Å². The third-order valence-corrected chi connectivity index (χ3v) is 3.92. The number of halogens is 1. The van der Waals surface area contributed by atoms with Crippen LogP contribution in [0.3, 0.4) is 0 Å². The molecule has 27 heavy (non-hydrogen) atoms. The van der Waals surface area contributed by atoms with Crippen molar-refractivity contribution in [3.05, 3.63) is 72.2 Å². The van der Waals surface area contributed by atoms with E-state index in [1.807, 2.05) is 0 Å². The second-order valence-corrected chi connectivity index (χ2v) is 5.65. The third-order valence-electron chi connectivity index (χ3n) is 3.92. The first-order chi connectivity index (χ1) is 13.2. The van der Waals surface area contributed by atoms with Gasteiger partial charge in [0.2, 0.25) is 5.82 Å². The Morgan fingerprint density at radius 1 is 1.04 bits per heavy atom. The lowest BCUT2D eigenvalue weighted by Crippen LogP contribution is -2.00. The molecule has 7 heteroatoms. The van der Waals surface area contributed by atoms with Gasteiger partial charge in [-0.1, -0.05) is 23.4 Å². The van der Waals surface area contributed by atoms with Crippen LogP contribution in [0.15, 0.2) is 69.8 Å². The predicted molar refractivity (Wildman–Crippen MR) is 94.7 cm³/mol. The number of nitrogens with zero attached hydrogens (tertiary/aromatic N) is 2. The monoisotopic (exact) mass is 366 g/mol. The van der Waals surface area contributed by atoms with E-state index in [2.05, 4.69) is 10.1 Å². The molecular weight excluding hydrogens is 351 g/mol. The number of ether oxygens (including phenoxy) is 2. The normalized spacial score (nSPS) is 10.7. The zero-order valence-corrected chi connectivity index (χ0v) is 14.4. The Morgan fingerprint density at radius 2 is 1.93 bits per heavy atom. The molecule has 4 rings (SSSR count). The third kappa shape index (κ3) is 3.52. The second-order valence-electron chi connectivity index (χ2n) is 5.65. The number of rotatable bonds is 6. The molecule has 0 radical (unpaired) electrons. The molecule has 2 aromatic carbocycles. The highest BCUT2D eigenvalue weighted by Crippen LogP contribution is 2.33. The Balaban J connectivity index is 1.55. The number of benzene rings is 2. The van der Waals surface area contributed by atoms with Crippen molar-refractivity contribution >= 4 is 0 Å². The number of aromatic nitrogens is 2. The molecule has 0 aliphatic carbocycles. The Hall–Kier alpha value is -3.61. The minimum atomic E-state index is -0.315. The quantitative estimate of drug-likeness (QED) is 0.492. The minimum Gasteiger partial charge on any atom is -0.493 e. The van der Waals surface area contributed by atoms with Crippen LogP contribution in [-0.2, 0) is 6.61 Å². The van der Waals surface area contributed by atoms with E-state index in [0.717, 1.165) is 0 Å². The van der Waals surface area contributed by atoms with Crippen molar-refractivity contribution in [1.29, 1.82) is 0 Å². The van der Waals surface area contributed by atoms with Gasteiger partial charge >= 0.3 is 0 Å². The Bertz CT molecular complexity index is 1040. The first-order valence-electron chi connectivity index (χ1n) is 8.17. The lowest BCUT2D eigenvalue weighted by atomic mass is 10.2. The van der Waals surface area contributed by atoms with E-state index < -0.39 is 0 Å². The lowest BCUT2D eigenvalue weighted by Gasteiger charge is -2.11. The van der Waals surface area contributed by atoms with Crippen LogP contribution in [0, 0.1) is 5.82 Å². The second kappa shape index (κ2) is 7.33. The van der Waals surface area contributed by atoms with Gasteiger partial charge in [-0.3, -0.25) is 0 Å².